The van der Waals surface area contributed by atoms with Gasteiger partial charge in [0.1, 0.15) is 5.69 Å². The Morgan fingerprint density at radius 3 is 2.71 bits per heavy atom. The van der Waals surface area contributed by atoms with Gasteiger partial charge in [-0.05, 0) is 32.4 Å². The number of pyridine rings is 1. The molecule has 204 valence electrons. The molecule has 2 aliphatic heterocycles. The number of hydrogen-bond acceptors (Lipinski definition) is 9. The number of fused-ring (bicyclic) bond motifs is 1. The van der Waals surface area contributed by atoms with Crippen molar-refractivity contribution in [2.45, 2.75) is 45.0 Å². The molecule has 5 rings (SSSR count). The first-order valence-electron chi connectivity index (χ1n) is 12.8. The topological polar surface area (TPSA) is 127 Å². The average Bonchev–Trinajstić information content (AvgIpc) is 2.87. The predicted molar refractivity (Wildman–Crippen MR) is 142 cm³/mol. The second-order valence-corrected chi connectivity index (χ2v) is 12.5. The predicted octanol–water partition coefficient (Wildman–Crippen LogP) is 1.97. The molecular weight excluding hydrogens is 513 g/mol. The van der Waals surface area contributed by atoms with Gasteiger partial charge in [0, 0.05) is 55.0 Å². The minimum Gasteiger partial charge on any atom is -0.389 e. The number of nitrogens with one attached hydrogen (secondary N) is 1. The Bertz CT molecular complexity index is 1500. The Morgan fingerprint density at radius 1 is 1.24 bits per heavy atom. The maximum atomic E-state index is 15.0. The molecule has 2 atom stereocenters. The Morgan fingerprint density at radius 2 is 2.00 bits per heavy atom. The van der Waals surface area contributed by atoms with E-state index < -0.39 is 21.8 Å². The molecule has 2 N–H and O–H groups in total. The Labute approximate surface area is 220 Å². The van der Waals surface area contributed by atoms with Crippen molar-refractivity contribution in [3.8, 4) is 11.3 Å². The van der Waals surface area contributed by atoms with E-state index in [9.17, 15) is 22.7 Å². The van der Waals surface area contributed by atoms with Gasteiger partial charge in [0.2, 0.25) is 5.95 Å². The van der Waals surface area contributed by atoms with E-state index in [0.29, 0.717) is 49.1 Å². The zero-order valence-corrected chi connectivity index (χ0v) is 22.2. The summed E-state index contributed by atoms with van der Waals surface area (Å²) in [6, 6.07) is 6.40. The number of rotatable bonds is 6. The molecule has 0 aliphatic carbocycles. The Kier molecular flexibility index (Phi) is 7.49. The minimum atomic E-state index is -3.02. The van der Waals surface area contributed by atoms with Crippen LogP contribution in [0.4, 0.5) is 10.3 Å². The van der Waals surface area contributed by atoms with Crippen molar-refractivity contribution < 1.29 is 22.7 Å². The van der Waals surface area contributed by atoms with Crippen LogP contribution < -0.4 is 10.7 Å². The number of hydrogen-bond donors (Lipinski definition) is 2. The molecule has 3 aromatic rings. The zero-order valence-electron chi connectivity index (χ0n) is 21.4. The van der Waals surface area contributed by atoms with Gasteiger partial charge in [-0.1, -0.05) is 6.07 Å². The van der Waals surface area contributed by atoms with E-state index in [0.717, 1.165) is 11.9 Å². The highest BCUT2D eigenvalue weighted by Crippen LogP contribution is 2.28. The van der Waals surface area contributed by atoms with Gasteiger partial charge < -0.3 is 19.7 Å². The molecule has 0 unspecified atom stereocenters. The van der Waals surface area contributed by atoms with Crippen molar-refractivity contribution in [3.63, 3.8) is 0 Å². The molecule has 0 amide bonds. The number of aliphatic hydroxyl groups is 1. The van der Waals surface area contributed by atoms with Crippen molar-refractivity contribution in [1.29, 1.82) is 0 Å². The van der Waals surface area contributed by atoms with Crippen LogP contribution in [0.5, 0.6) is 0 Å². The van der Waals surface area contributed by atoms with Crippen LogP contribution in [0.1, 0.15) is 32.0 Å². The van der Waals surface area contributed by atoms with Crippen LogP contribution >= 0.6 is 0 Å². The first-order valence-corrected chi connectivity index (χ1v) is 14.6. The highest BCUT2D eigenvalue weighted by molar-refractivity contribution is 7.91. The first kappa shape index (κ1) is 26.7. The lowest BCUT2D eigenvalue weighted by Gasteiger charge is -2.29. The summed E-state index contributed by atoms with van der Waals surface area (Å²) in [6.45, 7) is 5.98. The van der Waals surface area contributed by atoms with Crippen LogP contribution in [-0.4, -0.2) is 82.9 Å². The molecule has 2 aliphatic rings. The average molecular weight is 546 g/mol. The van der Waals surface area contributed by atoms with Gasteiger partial charge in [-0.15, -0.1) is 0 Å². The summed E-state index contributed by atoms with van der Waals surface area (Å²) in [6.07, 6.45) is 0.941. The summed E-state index contributed by atoms with van der Waals surface area (Å²) >= 11 is 0. The van der Waals surface area contributed by atoms with Crippen molar-refractivity contribution in [3.05, 3.63) is 52.2 Å². The molecule has 0 spiro atoms. The Hall–Kier alpha value is -2.93. The van der Waals surface area contributed by atoms with Crippen LogP contribution in [0.15, 0.2) is 35.3 Å². The number of anilines is 1. The third-order valence-electron chi connectivity index (χ3n) is 7.13. The van der Waals surface area contributed by atoms with E-state index in [1.54, 1.807) is 24.3 Å². The zero-order chi connectivity index (χ0) is 27.0. The van der Waals surface area contributed by atoms with E-state index in [1.165, 1.54) is 0 Å². The van der Waals surface area contributed by atoms with Gasteiger partial charge in [0.15, 0.2) is 21.1 Å². The minimum absolute atomic E-state index is 0.0145. The standard InChI is InChI=1S/C26H32FN5O5S/c1-16(2)32-18(14-31-6-9-38(35,36)10-7-31)12-23(33)19-4-3-17(11-22(19)32)25-20(27)13-28-26(30-25)29-21-5-8-37-15-24(21)34/h3-4,11-13,16,21,24,34H,5-10,14-15H2,1-2H3,(H,28,29,30)/t21-,24-/m1/s1. The van der Waals surface area contributed by atoms with Crippen molar-refractivity contribution in [2.75, 3.05) is 43.1 Å². The normalized spacial score (nSPS) is 22.1. The lowest BCUT2D eigenvalue weighted by atomic mass is 10.1. The fourth-order valence-corrected chi connectivity index (χ4v) is 6.38. The molecule has 2 aromatic heterocycles. The van der Waals surface area contributed by atoms with E-state index in [2.05, 4.69) is 15.3 Å². The number of aromatic nitrogens is 3. The molecule has 1 aromatic carbocycles. The van der Waals surface area contributed by atoms with E-state index in [1.807, 2.05) is 23.3 Å². The molecule has 10 nitrogen and oxygen atoms in total. The highest BCUT2D eigenvalue weighted by atomic mass is 32.2. The van der Waals surface area contributed by atoms with Gasteiger partial charge in [0.05, 0.1) is 42.0 Å². The van der Waals surface area contributed by atoms with Gasteiger partial charge in [-0.2, -0.15) is 0 Å². The van der Waals surface area contributed by atoms with Crippen molar-refractivity contribution >= 4 is 26.7 Å². The largest absolute Gasteiger partial charge is 0.389 e. The number of halogens is 1. The van der Waals surface area contributed by atoms with Gasteiger partial charge >= 0.3 is 0 Å². The highest BCUT2D eigenvalue weighted by Gasteiger charge is 2.26. The van der Waals surface area contributed by atoms with Gasteiger partial charge in [-0.25, -0.2) is 22.8 Å². The maximum Gasteiger partial charge on any atom is 0.223 e. The third-order valence-corrected chi connectivity index (χ3v) is 8.74. The summed E-state index contributed by atoms with van der Waals surface area (Å²) in [5.41, 5.74) is 1.84. The van der Waals surface area contributed by atoms with Crippen LogP contribution in [0.3, 0.4) is 0 Å². The lowest BCUT2D eigenvalue weighted by Crippen LogP contribution is -2.42. The van der Waals surface area contributed by atoms with E-state index in [4.69, 9.17) is 4.74 Å². The Balaban J connectivity index is 1.52. The summed E-state index contributed by atoms with van der Waals surface area (Å²) in [7, 11) is -3.02. The molecule has 0 bridgehead atoms. The summed E-state index contributed by atoms with van der Waals surface area (Å²) in [5, 5.41) is 13.8. The molecular formula is C26H32FN5O5S. The fourth-order valence-electron chi connectivity index (χ4n) is 5.11. The van der Waals surface area contributed by atoms with Crippen LogP contribution in [0.25, 0.3) is 22.2 Å². The quantitative estimate of drug-likeness (QED) is 0.478. The maximum absolute atomic E-state index is 15.0. The number of ether oxygens (including phenoxy) is 1. The monoisotopic (exact) mass is 545 g/mol. The van der Waals surface area contributed by atoms with Crippen LogP contribution in [0.2, 0.25) is 0 Å². The van der Waals surface area contributed by atoms with Crippen molar-refractivity contribution in [2.24, 2.45) is 0 Å². The van der Waals surface area contributed by atoms with Gasteiger partial charge in [0.25, 0.3) is 0 Å². The smallest absolute Gasteiger partial charge is 0.223 e. The van der Waals surface area contributed by atoms with E-state index in [-0.39, 0.29) is 47.3 Å². The second-order valence-electron chi connectivity index (χ2n) is 10.2. The third kappa shape index (κ3) is 5.58. The molecule has 12 heteroatoms. The molecule has 2 saturated heterocycles. The molecule has 0 radical (unpaired) electrons. The van der Waals surface area contributed by atoms with Crippen LogP contribution in [0, 0.1) is 5.82 Å². The lowest BCUT2D eigenvalue weighted by molar-refractivity contribution is -0.0136. The molecule has 4 heterocycles. The summed E-state index contributed by atoms with van der Waals surface area (Å²) in [5.74, 6) is -0.204. The SMILES string of the molecule is CC(C)n1c(CN2CCS(=O)(=O)CC2)cc(=O)c2ccc(-c3nc(N[C@@H]4CCOC[C@H]4O)ncc3F)cc21. The van der Waals surface area contributed by atoms with Gasteiger partial charge in [-0.3, -0.25) is 9.69 Å². The number of nitrogens with zero attached hydrogens (tertiary/aromatic N) is 4. The number of aliphatic hydroxyl groups excluding tert-OH is 1. The number of sulfone groups is 1. The fraction of sp³-hybridized carbons (Fsp3) is 0.500. The summed E-state index contributed by atoms with van der Waals surface area (Å²) < 4.78 is 46.0. The second kappa shape index (κ2) is 10.7. The molecule has 38 heavy (non-hydrogen) atoms. The van der Waals surface area contributed by atoms with Crippen LogP contribution in [-0.2, 0) is 21.1 Å². The number of benzene rings is 1. The first-order chi connectivity index (χ1) is 18.1. The van der Waals surface area contributed by atoms with Crippen molar-refractivity contribution in [1.82, 2.24) is 19.4 Å². The summed E-state index contributed by atoms with van der Waals surface area (Å²) in [4.78, 5) is 23.6. The molecule has 2 fully saturated rings. The van der Waals surface area contributed by atoms with E-state index >= 15 is 0 Å². The molecule has 0 saturated carbocycles.